The van der Waals surface area contributed by atoms with E-state index in [9.17, 15) is 4.79 Å². The topological polar surface area (TPSA) is 47.6 Å². The first-order valence-corrected chi connectivity index (χ1v) is 9.69. The van der Waals surface area contributed by atoms with E-state index in [0.717, 1.165) is 25.0 Å². The number of hydrogen-bond donors (Lipinski definition) is 1. The van der Waals surface area contributed by atoms with Gasteiger partial charge in [0.2, 0.25) is 5.91 Å². The number of ether oxygens (including phenoxy) is 2. The van der Waals surface area contributed by atoms with Crippen molar-refractivity contribution in [1.82, 2.24) is 5.32 Å². The molecule has 1 aliphatic rings. The van der Waals surface area contributed by atoms with Crippen LogP contribution in [0.2, 0.25) is 0 Å². The highest BCUT2D eigenvalue weighted by atomic mass is 16.5. The minimum absolute atomic E-state index is 0.0140. The van der Waals surface area contributed by atoms with E-state index in [4.69, 9.17) is 9.47 Å². The first-order chi connectivity index (χ1) is 12.1. The molecule has 4 heteroatoms. The second-order valence-corrected chi connectivity index (χ2v) is 8.65. The van der Waals surface area contributed by atoms with Crippen LogP contribution < -0.4 is 10.1 Å². The molecule has 2 rings (SSSR count). The number of fused-ring (bicyclic) bond motifs is 1. The molecule has 0 bridgehead atoms. The second-order valence-electron chi connectivity index (χ2n) is 8.65. The van der Waals surface area contributed by atoms with Gasteiger partial charge in [0.25, 0.3) is 0 Å². The zero-order valence-electron chi connectivity index (χ0n) is 17.5. The largest absolute Gasteiger partial charge is 0.491 e. The molecule has 1 amide bonds. The number of nitrogens with one attached hydrogen (secondary N) is 1. The van der Waals surface area contributed by atoms with E-state index in [2.05, 4.69) is 32.2 Å². The molecule has 0 aromatic heterocycles. The summed E-state index contributed by atoms with van der Waals surface area (Å²) >= 11 is 0. The summed E-state index contributed by atoms with van der Waals surface area (Å²) in [6.07, 6.45) is 3.05. The maximum absolute atomic E-state index is 12.6. The van der Waals surface area contributed by atoms with E-state index in [1.165, 1.54) is 22.3 Å². The molecule has 0 radical (unpaired) electrons. The van der Waals surface area contributed by atoms with E-state index in [1.54, 1.807) is 7.11 Å². The van der Waals surface area contributed by atoms with Crippen LogP contribution in [0.4, 0.5) is 0 Å². The molecule has 4 nitrogen and oxygen atoms in total. The van der Waals surface area contributed by atoms with Crippen molar-refractivity contribution in [2.75, 3.05) is 20.3 Å². The van der Waals surface area contributed by atoms with Crippen LogP contribution in [0.5, 0.6) is 5.75 Å². The highest BCUT2D eigenvalue weighted by molar-refractivity contribution is 5.79. The molecular weight excluding hydrogens is 326 g/mol. The first-order valence-electron chi connectivity index (χ1n) is 9.69. The number of benzene rings is 1. The molecule has 146 valence electrons. The standard InChI is InChI=1S/C22H35NO3/c1-14-12-20(26-11-10-25-7)16(3)19-13-17(8-9-18(14)19)15(2)21(24)23-22(4,5)6/h12,15,17H,8-11,13H2,1-7H3,(H,23,24)/t15-,17+/m0/s1. The molecule has 0 spiro atoms. The average Bonchev–Trinajstić information content (AvgIpc) is 2.56. The Morgan fingerprint density at radius 1 is 1.27 bits per heavy atom. The van der Waals surface area contributed by atoms with Crippen molar-refractivity contribution >= 4 is 5.91 Å². The first kappa shape index (κ1) is 20.8. The summed E-state index contributed by atoms with van der Waals surface area (Å²) in [4.78, 5) is 12.6. The Balaban J connectivity index is 2.18. The molecule has 1 N–H and O–H groups in total. The van der Waals surface area contributed by atoms with Crippen molar-refractivity contribution in [3.8, 4) is 5.75 Å². The Morgan fingerprint density at radius 3 is 2.58 bits per heavy atom. The molecule has 2 atom stereocenters. The van der Waals surface area contributed by atoms with Gasteiger partial charge in [0.05, 0.1) is 6.61 Å². The second kappa shape index (κ2) is 8.43. The lowest BCUT2D eigenvalue weighted by molar-refractivity contribution is -0.127. The van der Waals surface area contributed by atoms with Gasteiger partial charge in [-0.3, -0.25) is 4.79 Å². The van der Waals surface area contributed by atoms with Crippen LogP contribution >= 0.6 is 0 Å². The van der Waals surface area contributed by atoms with Crippen LogP contribution in [0.25, 0.3) is 0 Å². The van der Waals surface area contributed by atoms with E-state index >= 15 is 0 Å². The lowest BCUT2D eigenvalue weighted by atomic mass is 9.74. The molecule has 0 saturated carbocycles. The van der Waals surface area contributed by atoms with Gasteiger partial charge in [-0.25, -0.2) is 0 Å². The predicted molar refractivity (Wildman–Crippen MR) is 106 cm³/mol. The van der Waals surface area contributed by atoms with Crippen molar-refractivity contribution in [3.63, 3.8) is 0 Å². The fourth-order valence-corrected chi connectivity index (χ4v) is 3.83. The van der Waals surface area contributed by atoms with Crippen molar-refractivity contribution in [2.45, 2.75) is 66.3 Å². The monoisotopic (exact) mass is 361 g/mol. The summed E-state index contributed by atoms with van der Waals surface area (Å²) in [5.41, 5.74) is 5.15. The number of carbonyl (C=O) groups is 1. The van der Waals surface area contributed by atoms with E-state index in [-0.39, 0.29) is 17.4 Å². The van der Waals surface area contributed by atoms with Crippen LogP contribution in [0, 0.1) is 25.7 Å². The van der Waals surface area contributed by atoms with Gasteiger partial charge in [-0.15, -0.1) is 0 Å². The minimum Gasteiger partial charge on any atom is -0.491 e. The van der Waals surface area contributed by atoms with Crippen molar-refractivity contribution < 1.29 is 14.3 Å². The Bertz CT molecular complexity index is 646. The average molecular weight is 362 g/mol. The number of aryl methyl sites for hydroxylation is 1. The summed E-state index contributed by atoms with van der Waals surface area (Å²) < 4.78 is 11.0. The van der Waals surface area contributed by atoms with Crippen molar-refractivity contribution in [3.05, 3.63) is 28.3 Å². The van der Waals surface area contributed by atoms with E-state index in [0.29, 0.717) is 19.1 Å². The van der Waals surface area contributed by atoms with E-state index in [1.807, 2.05) is 20.8 Å². The Hall–Kier alpha value is -1.55. The summed E-state index contributed by atoms with van der Waals surface area (Å²) in [7, 11) is 1.68. The zero-order chi connectivity index (χ0) is 19.5. The number of amides is 1. The highest BCUT2D eigenvalue weighted by Gasteiger charge is 2.31. The molecular formula is C22H35NO3. The van der Waals surface area contributed by atoms with E-state index < -0.39 is 0 Å². The molecule has 0 saturated heterocycles. The molecule has 26 heavy (non-hydrogen) atoms. The third-order valence-corrected chi connectivity index (χ3v) is 5.41. The highest BCUT2D eigenvalue weighted by Crippen LogP contribution is 2.37. The Labute approximate surface area is 158 Å². The maximum atomic E-state index is 12.6. The zero-order valence-corrected chi connectivity index (χ0v) is 17.5. The molecule has 0 heterocycles. The van der Waals surface area contributed by atoms with Crippen LogP contribution in [0.15, 0.2) is 6.07 Å². The number of methoxy groups -OCH3 is 1. The normalized spacial score (nSPS) is 18.2. The lowest BCUT2D eigenvalue weighted by Gasteiger charge is -2.33. The summed E-state index contributed by atoms with van der Waals surface area (Å²) in [6.45, 7) is 13.6. The number of rotatable bonds is 6. The minimum atomic E-state index is -0.188. The Kier molecular flexibility index (Phi) is 6.73. The van der Waals surface area contributed by atoms with Gasteiger partial charge >= 0.3 is 0 Å². The number of carbonyl (C=O) groups excluding carboxylic acids is 1. The van der Waals surface area contributed by atoms with Crippen molar-refractivity contribution in [2.24, 2.45) is 11.8 Å². The van der Waals surface area contributed by atoms with Gasteiger partial charge in [0.1, 0.15) is 12.4 Å². The van der Waals surface area contributed by atoms with Crippen LogP contribution in [0.1, 0.15) is 56.4 Å². The molecule has 0 aliphatic heterocycles. The molecule has 1 aromatic rings. The van der Waals surface area contributed by atoms with Gasteiger partial charge < -0.3 is 14.8 Å². The summed E-state index contributed by atoms with van der Waals surface area (Å²) in [6, 6.07) is 2.15. The van der Waals surface area contributed by atoms with Crippen LogP contribution in [-0.4, -0.2) is 31.8 Å². The molecule has 0 unspecified atom stereocenters. The smallest absolute Gasteiger partial charge is 0.223 e. The van der Waals surface area contributed by atoms with Gasteiger partial charge in [0, 0.05) is 18.6 Å². The lowest BCUT2D eigenvalue weighted by Crippen LogP contribution is -2.45. The van der Waals surface area contributed by atoms with Gasteiger partial charge in [0.15, 0.2) is 0 Å². The fourth-order valence-electron chi connectivity index (χ4n) is 3.83. The Morgan fingerprint density at radius 2 is 1.96 bits per heavy atom. The molecule has 0 fully saturated rings. The molecule has 1 aromatic carbocycles. The number of hydrogen-bond acceptors (Lipinski definition) is 3. The SMILES string of the molecule is COCCOc1cc(C)c2c(c1C)C[C@H]([C@H](C)C(=O)NC(C)(C)C)CC2. The maximum Gasteiger partial charge on any atom is 0.223 e. The summed E-state index contributed by atoms with van der Waals surface area (Å²) in [5, 5.41) is 3.13. The van der Waals surface area contributed by atoms with Crippen LogP contribution in [-0.2, 0) is 22.4 Å². The molecule has 1 aliphatic carbocycles. The summed E-state index contributed by atoms with van der Waals surface area (Å²) in [5.74, 6) is 1.50. The third kappa shape index (κ3) is 5.00. The van der Waals surface area contributed by atoms with Crippen molar-refractivity contribution in [1.29, 1.82) is 0 Å². The van der Waals surface area contributed by atoms with Gasteiger partial charge in [-0.2, -0.15) is 0 Å². The predicted octanol–water partition coefficient (Wildman–Crippen LogP) is 3.98. The van der Waals surface area contributed by atoms with Gasteiger partial charge in [-0.05, 0) is 88.1 Å². The van der Waals surface area contributed by atoms with Gasteiger partial charge in [-0.1, -0.05) is 6.92 Å². The quantitative estimate of drug-likeness (QED) is 0.780. The van der Waals surface area contributed by atoms with Crippen LogP contribution in [0.3, 0.4) is 0 Å². The fraction of sp³-hybridized carbons (Fsp3) is 0.682. The third-order valence-electron chi connectivity index (χ3n) is 5.41.